The molecule has 0 amide bonds. The van der Waals surface area contributed by atoms with Crippen molar-refractivity contribution in [2.75, 3.05) is 12.6 Å². The number of rotatable bonds is 7. The van der Waals surface area contributed by atoms with Crippen LogP contribution in [0.1, 0.15) is 16.8 Å². The van der Waals surface area contributed by atoms with Crippen LogP contribution in [0.2, 0.25) is 0 Å². The number of nitrogens with one attached hydrogen (secondary N) is 1. The van der Waals surface area contributed by atoms with E-state index in [-0.39, 0.29) is 11.8 Å². The van der Waals surface area contributed by atoms with Gasteiger partial charge in [-0.2, -0.15) is 0 Å². The Morgan fingerprint density at radius 2 is 2.11 bits per heavy atom. The third-order valence-electron chi connectivity index (χ3n) is 2.50. The minimum absolute atomic E-state index is 0.0552. The molecule has 0 spiro atoms. The molecule has 1 rings (SSSR count). The summed E-state index contributed by atoms with van der Waals surface area (Å²) in [5.74, 6) is -2.12. The van der Waals surface area contributed by atoms with Crippen LogP contribution in [-0.4, -0.2) is 35.8 Å². The van der Waals surface area contributed by atoms with E-state index in [1.807, 2.05) is 0 Å². The summed E-state index contributed by atoms with van der Waals surface area (Å²) in [5, 5.41) is 8.85. The Morgan fingerprint density at radius 1 is 1.47 bits per heavy atom. The Morgan fingerprint density at radius 3 is 2.63 bits per heavy atom. The Hall–Kier alpha value is -2.25. The minimum Gasteiger partial charge on any atom is -0.480 e. The van der Waals surface area contributed by atoms with Crippen LogP contribution in [0, 0.1) is 0 Å². The van der Waals surface area contributed by atoms with Crippen LogP contribution >= 0.6 is 0 Å². The van der Waals surface area contributed by atoms with E-state index in [9.17, 15) is 14.4 Å². The van der Waals surface area contributed by atoms with Gasteiger partial charge in [0.1, 0.15) is 0 Å². The van der Waals surface area contributed by atoms with E-state index in [1.165, 1.54) is 13.2 Å². The van der Waals surface area contributed by atoms with Crippen molar-refractivity contribution in [1.82, 2.24) is 0 Å². The summed E-state index contributed by atoms with van der Waals surface area (Å²) < 4.78 is 0. The zero-order valence-corrected chi connectivity index (χ0v) is 10.3. The molecule has 1 aromatic rings. The lowest BCUT2D eigenvalue weighted by Gasteiger charge is -2.17. The number of carbonyl (C=O) groups excluding carboxylic acids is 2. The van der Waals surface area contributed by atoms with Crippen molar-refractivity contribution >= 4 is 23.7 Å². The van der Waals surface area contributed by atoms with Gasteiger partial charge < -0.3 is 15.6 Å². The van der Waals surface area contributed by atoms with Crippen LogP contribution in [0.15, 0.2) is 24.3 Å². The Kier molecular flexibility index (Phi) is 4.74. The second kappa shape index (κ2) is 6.07. The monoisotopic (exact) mass is 266 g/mol. The summed E-state index contributed by atoms with van der Waals surface area (Å²) in [4.78, 5) is 38.4. The van der Waals surface area contributed by atoms with Crippen molar-refractivity contribution in [3.05, 3.63) is 29.8 Å². The van der Waals surface area contributed by atoms with Gasteiger partial charge in [0.2, 0.25) is 0 Å². The first-order valence-corrected chi connectivity index (χ1v) is 5.34. The molecule has 7 nitrogen and oxygen atoms in total. The lowest BCUT2D eigenvalue weighted by atomic mass is 9.92. The largest absolute Gasteiger partial charge is 0.480 e. The number of Topliss-reactive ketones (excluding diaryl/α,β-unsaturated/α-hetero) is 1. The summed E-state index contributed by atoms with van der Waals surface area (Å²) in [6.07, 6.45) is -0.576. The molecule has 102 valence electrons. The third-order valence-corrected chi connectivity index (χ3v) is 2.50. The van der Waals surface area contributed by atoms with E-state index in [2.05, 4.69) is 5.48 Å². The van der Waals surface area contributed by atoms with Crippen molar-refractivity contribution in [3.8, 4) is 0 Å². The second-order valence-corrected chi connectivity index (χ2v) is 3.92. The molecule has 0 aliphatic heterocycles. The van der Waals surface area contributed by atoms with Gasteiger partial charge in [-0.15, -0.1) is 0 Å². The van der Waals surface area contributed by atoms with Crippen LogP contribution in [-0.2, 0) is 14.4 Å². The number of carboxylic acids is 1. The van der Waals surface area contributed by atoms with Gasteiger partial charge >= 0.3 is 5.97 Å². The van der Waals surface area contributed by atoms with E-state index in [0.717, 1.165) is 0 Å². The fraction of sp³-hybridized carbons (Fsp3) is 0.250. The summed E-state index contributed by atoms with van der Waals surface area (Å²) in [6.45, 7) is 0. The maximum Gasteiger partial charge on any atom is 0.331 e. The third kappa shape index (κ3) is 3.36. The summed E-state index contributed by atoms with van der Waals surface area (Å²) in [7, 11) is 1.37. The number of hydrogen-bond acceptors (Lipinski definition) is 6. The predicted molar refractivity (Wildman–Crippen MR) is 66.6 cm³/mol. The van der Waals surface area contributed by atoms with Gasteiger partial charge in [0.25, 0.3) is 0 Å². The number of anilines is 1. The number of benzene rings is 1. The molecule has 0 aromatic heterocycles. The second-order valence-electron chi connectivity index (χ2n) is 3.92. The number of carbonyl (C=O) groups is 3. The summed E-state index contributed by atoms with van der Waals surface area (Å²) in [5.41, 5.74) is 6.20. The number of para-hydroxylation sites is 1. The highest BCUT2D eigenvalue weighted by molar-refractivity contribution is 6.08. The summed E-state index contributed by atoms with van der Waals surface area (Å²) in [6, 6.07) is 6.34. The highest BCUT2D eigenvalue weighted by atomic mass is 16.6. The maximum atomic E-state index is 12.0. The number of ketones is 1. The molecule has 0 aliphatic rings. The zero-order valence-electron chi connectivity index (χ0n) is 10.3. The van der Waals surface area contributed by atoms with Crippen molar-refractivity contribution in [1.29, 1.82) is 0 Å². The number of aldehydes is 1. The first-order valence-electron chi connectivity index (χ1n) is 5.34. The predicted octanol–water partition coefficient (Wildman–Crippen LogP) is 0.214. The smallest absolute Gasteiger partial charge is 0.331 e. The molecule has 7 heteroatoms. The standard InChI is InChI=1S/C12H14N2O5/c1-19-14-9-5-3-2-4-8(9)10(16)6-12(13,7-15)11(17)18/h2-5,7,14H,6,13H2,1H3,(H,17,18). The molecule has 0 aliphatic carbocycles. The molecule has 0 saturated carbocycles. The molecule has 0 bridgehead atoms. The molecule has 0 fully saturated rings. The highest BCUT2D eigenvalue weighted by Crippen LogP contribution is 2.19. The number of nitrogens with two attached hydrogens (primary N) is 1. The van der Waals surface area contributed by atoms with Gasteiger partial charge in [-0.3, -0.25) is 15.1 Å². The quantitative estimate of drug-likeness (QED) is 0.279. The van der Waals surface area contributed by atoms with E-state index in [0.29, 0.717) is 5.69 Å². The van der Waals surface area contributed by atoms with E-state index < -0.39 is 23.7 Å². The number of hydrogen-bond donors (Lipinski definition) is 3. The van der Waals surface area contributed by atoms with Crippen LogP contribution in [0.4, 0.5) is 5.69 Å². The fourth-order valence-electron chi connectivity index (χ4n) is 1.45. The normalized spacial score (nSPS) is 13.4. The van der Waals surface area contributed by atoms with E-state index in [1.54, 1.807) is 18.2 Å². The highest BCUT2D eigenvalue weighted by Gasteiger charge is 2.37. The van der Waals surface area contributed by atoms with Gasteiger partial charge in [-0.1, -0.05) is 12.1 Å². The molecular formula is C12H14N2O5. The molecule has 1 unspecified atom stereocenters. The van der Waals surface area contributed by atoms with Crippen LogP contribution in [0.5, 0.6) is 0 Å². The van der Waals surface area contributed by atoms with Gasteiger partial charge in [0.05, 0.1) is 12.8 Å². The van der Waals surface area contributed by atoms with Gasteiger partial charge in [0.15, 0.2) is 17.6 Å². The molecule has 0 saturated heterocycles. The SMILES string of the molecule is CONc1ccccc1C(=O)CC(N)(C=O)C(=O)O. The number of carboxylic acid groups (broad SMARTS) is 1. The summed E-state index contributed by atoms with van der Waals surface area (Å²) >= 11 is 0. The molecule has 4 N–H and O–H groups in total. The Labute approximate surface area is 109 Å². The molecule has 1 aromatic carbocycles. The molecule has 0 heterocycles. The van der Waals surface area contributed by atoms with Gasteiger partial charge in [0, 0.05) is 12.0 Å². The topological polar surface area (TPSA) is 119 Å². The minimum atomic E-state index is -2.22. The maximum absolute atomic E-state index is 12.0. The first-order chi connectivity index (χ1) is 8.94. The lowest BCUT2D eigenvalue weighted by molar-refractivity contribution is -0.145. The van der Waals surface area contributed by atoms with E-state index >= 15 is 0 Å². The van der Waals surface area contributed by atoms with Gasteiger partial charge in [-0.05, 0) is 12.1 Å². The van der Waals surface area contributed by atoms with Crippen molar-refractivity contribution < 1.29 is 24.3 Å². The molecule has 0 radical (unpaired) electrons. The van der Waals surface area contributed by atoms with Gasteiger partial charge in [-0.25, -0.2) is 4.79 Å². The molecule has 1 atom stereocenters. The van der Waals surface area contributed by atoms with Crippen LogP contribution < -0.4 is 11.2 Å². The molecule has 19 heavy (non-hydrogen) atoms. The fourth-order valence-corrected chi connectivity index (χ4v) is 1.45. The van der Waals surface area contributed by atoms with E-state index in [4.69, 9.17) is 15.7 Å². The van der Waals surface area contributed by atoms with Crippen molar-refractivity contribution in [2.45, 2.75) is 12.0 Å². The lowest BCUT2D eigenvalue weighted by Crippen LogP contribution is -2.51. The van der Waals surface area contributed by atoms with Crippen LogP contribution in [0.25, 0.3) is 0 Å². The number of aliphatic carboxylic acids is 1. The Bertz CT molecular complexity index is 503. The first kappa shape index (κ1) is 14.8. The molecular weight excluding hydrogens is 252 g/mol. The average molecular weight is 266 g/mol. The van der Waals surface area contributed by atoms with Crippen molar-refractivity contribution in [2.24, 2.45) is 5.73 Å². The van der Waals surface area contributed by atoms with Crippen molar-refractivity contribution in [3.63, 3.8) is 0 Å². The van der Waals surface area contributed by atoms with Crippen LogP contribution in [0.3, 0.4) is 0 Å². The Balaban J connectivity index is 3.01. The zero-order chi connectivity index (χ0) is 14.5. The average Bonchev–Trinajstić information content (AvgIpc) is 2.39.